The van der Waals surface area contributed by atoms with Crippen LogP contribution in [0, 0.1) is 11.3 Å². The summed E-state index contributed by atoms with van der Waals surface area (Å²) in [5.74, 6) is -4.04. The number of carbonyl (C=O) groups excluding carboxylic acids is 2. The van der Waals surface area contributed by atoms with Gasteiger partial charge in [0.1, 0.15) is 5.92 Å². The van der Waals surface area contributed by atoms with E-state index in [1.54, 1.807) is 0 Å². The quantitative estimate of drug-likeness (QED) is 0.629. The lowest BCUT2D eigenvalue weighted by atomic mass is 9.94. The van der Waals surface area contributed by atoms with E-state index in [0.29, 0.717) is 6.07 Å². The summed E-state index contributed by atoms with van der Waals surface area (Å²) in [6, 6.07) is 5.25. The van der Waals surface area contributed by atoms with Gasteiger partial charge in [-0.2, -0.15) is 18.4 Å². The molecule has 4 nitrogen and oxygen atoms in total. The normalized spacial score (nSPS) is 12.3. The maximum atomic E-state index is 12.6. The number of Topliss-reactive ketones (excluding diaryl/α,β-unsaturated/α-hetero) is 1. The van der Waals surface area contributed by atoms with E-state index in [-0.39, 0.29) is 12.2 Å². The molecule has 0 saturated heterocycles. The number of alkyl halides is 3. The fourth-order valence-electron chi connectivity index (χ4n) is 1.50. The van der Waals surface area contributed by atoms with E-state index in [2.05, 4.69) is 4.74 Å². The molecule has 7 heteroatoms. The lowest BCUT2D eigenvalue weighted by Gasteiger charge is -2.11. The standard InChI is InChI=1S/C13H10F3NO3/c1-2-20-12(19)11(18)10(7-17)8-4-3-5-9(6-8)13(14,15)16/h3-6,10H,2H2,1H3. The number of ether oxygens (including phenoxy) is 1. The smallest absolute Gasteiger partial charge is 0.416 e. The lowest BCUT2D eigenvalue weighted by molar-refractivity contribution is -0.153. The number of benzene rings is 1. The van der Waals surface area contributed by atoms with Gasteiger partial charge in [0.15, 0.2) is 0 Å². The van der Waals surface area contributed by atoms with Gasteiger partial charge in [-0.15, -0.1) is 0 Å². The molecule has 1 aromatic carbocycles. The average Bonchev–Trinajstić information content (AvgIpc) is 2.39. The zero-order valence-corrected chi connectivity index (χ0v) is 10.4. The van der Waals surface area contributed by atoms with E-state index >= 15 is 0 Å². The van der Waals surface area contributed by atoms with Gasteiger partial charge in [-0.25, -0.2) is 4.79 Å². The lowest BCUT2D eigenvalue weighted by Crippen LogP contribution is -2.24. The molecule has 0 amide bonds. The number of ketones is 1. The SMILES string of the molecule is CCOC(=O)C(=O)C(C#N)c1cccc(C(F)(F)F)c1. The topological polar surface area (TPSA) is 67.2 Å². The van der Waals surface area contributed by atoms with Gasteiger partial charge in [0, 0.05) is 0 Å². The van der Waals surface area contributed by atoms with Gasteiger partial charge in [0.05, 0.1) is 18.2 Å². The molecule has 0 bridgehead atoms. The van der Waals surface area contributed by atoms with E-state index in [1.165, 1.54) is 19.1 Å². The zero-order valence-electron chi connectivity index (χ0n) is 10.4. The molecular formula is C13H10F3NO3. The molecule has 0 heterocycles. The molecule has 0 aliphatic rings. The maximum absolute atomic E-state index is 12.6. The second kappa shape index (κ2) is 6.19. The van der Waals surface area contributed by atoms with Crippen LogP contribution in [0.1, 0.15) is 24.0 Å². The summed E-state index contributed by atoms with van der Waals surface area (Å²) in [6.07, 6.45) is -4.59. The van der Waals surface area contributed by atoms with Crippen LogP contribution in [0.15, 0.2) is 24.3 Å². The monoisotopic (exact) mass is 285 g/mol. The first-order chi connectivity index (χ1) is 9.31. The Hall–Kier alpha value is -2.36. The molecule has 0 fully saturated rings. The molecule has 1 atom stereocenters. The van der Waals surface area contributed by atoms with Crippen LogP contribution in [0.3, 0.4) is 0 Å². The second-order valence-electron chi connectivity index (χ2n) is 3.77. The summed E-state index contributed by atoms with van der Waals surface area (Å²) >= 11 is 0. The molecule has 1 rings (SSSR count). The summed E-state index contributed by atoms with van der Waals surface area (Å²) in [7, 11) is 0. The first kappa shape index (κ1) is 15.7. The van der Waals surface area contributed by atoms with E-state index in [1.807, 2.05) is 0 Å². The Bertz CT molecular complexity index is 561. The van der Waals surface area contributed by atoms with E-state index in [4.69, 9.17) is 5.26 Å². The number of nitrogens with zero attached hydrogens (tertiary/aromatic N) is 1. The average molecular weight is 285 g/mol. The van der Waals surface area contributed by atoms with Crippen LogP contribution < -0.4 is 0 Å². The summed E-state index contributed by atoms with van der Waals surface area (Å²) in [4.78, 5) is 22.9. The predicted octanol–water partition coefficient (Wildman–Crippen LogP) is 2.44. The van der Waals surface area contributed by atoms with Gasteiger partial charge < -0.3 is 4.74 Å². The van der Waals surface area contributed by atoms with Gasteiger partial charge in [0.25, 0.3) is 5.78 Å². The fourth-order valence-corrected chi connectivity index (χ4v) is 1.50. The molecule has 0 aliphatic carbocycles. The molecule has 0 N–H and O–H groups in total. The van der Waals surface area contributed by atoms with Crippen LogP contribution in [-0.4, -0.2) is 18.4 Å². The van der Waals surface area contributed by atoms with Crippen molar-refractivity contribution in [3.63, 3.8) is 0 Å². The Morgan fingerprint density at radius 2 is 2.05 bits per heavy atom. The predicted molar refractivity (Wildman–Crippen MR) is 61.4 cm³/mol. The highest BCUT2D eigenvalue weighted by Gasteiger charge is 2.33. The fraction of sp³-hybridized carbons (Fsp3) is 0.308. The maximum Gasteiger partial charge on any atom is 0.416 e. The van der Waals surface area contributed by atoms with Crippen LogP contribution in [-0.2, 0) is 20.5 Å². The van der Waals surface area contributed by atoms with Crippen LogP contribution in [0.25, 0.3) is 0 Å². The molecule has 0 saturated carbocycles. The van der Waals surface area contributed by atoms with Crippen molar-refractivity contribution < 1.29 is 27.5 Å². The minimum Gasteiger partial charge on any atom is -0.460 e. The Labute approximate surface area is 112 Å². The molecular weight excluding hydrogens is 275 g/mol. The van der Waals surface area contributed by atoms with Crippen LogP contribution >= 0.6 is 0 Å². The Morgan fingerprint density at radius 3 is 2.55 bits per heavy atom. The minimum absolute atomic E-state index is 0.0642. The molecule has 0 aliphatic heterocycles. The summed E-state index contributed by atoms with van der Waals surface area (Å²) in [6.45, 7) is 1.40. The van der Waals surface area contributed by atoms with Crippen molar-refractivity contribution in [3.05, 3.63) is 35.4 Å². The third-order valence-electron chi connectivity index (χ3n) is 2.42. The summed E-state index contributed by atoms with van der Waals surface area (Å²) in [5, 5.41) is 8.90. The number of halogens is 3. The Morgan fingerprint density at radius 1 is 1.40 bits per heavy atom. The van der Waals surface area contributed by atoms with Crippen LogP contribution in [0.2, 0.25) is 0 Å². The molecule has 106 valence electrons. The molecule has 0 aromatic heterocycles. The number of carbonyl (C=O) groups is 2. The van der Waals surface area contributed by atoms with Crippen molar-refractivity contribution >= 4 is 11.8 Å². The molecule has 1 unspecified atom stereocenters. The van der Waals surface area contributed by atoms with Crippen molar-refractivity contribution in [2.75, 3.05) is 6.61 Å². The molecule has 0 spiro atoms. The number of nitriles is 1. The van der Waals surface area contributed by atoms with E-state index in [9.17, 15) is 22.8 Å². The van der Waals surface area contributed by atoms with Crippen molar-refractivity contribution in [3.8, 4) is 6.07 Å². The highest BCUT2D eigenvalue weighted by Crippen LogP contribution is 2.31. The summed E-state index contributed by atoms with van der Waals surface area (Å²) in [5.41, 5.74) is -1.19. The third-order valence-corrected chi connectivity index (χ3v) is 2.42. The number of hydrogen-bond donors (Lipinski definition) is 0. The number of rotatable bonds is 4. The summed E-state index contributed by atoms with van der Waals surface area (Å²) < 4.78 is 42.1. The van der Waals surface area contributed by atoms with Crippen molar-refractivity contribution in [1.82, 2.24) is 0 Å². The highest BCUT2D eigenvalue weighted by atomic mass is 19.4. The Kier molecular flexibility index (Phi) is 4.86. The minimum atomic E-state index is -4.59. The van der Waals surface area contributed by atoms with Crippen LogP contribution in [0.4, 0.5) is 13.2 Å². The van der Waals surface area contributed by atoms with Gasteiger partial charge in [-0.05, 0) is 18.6 Å². The highest BCUT2D eigenvalue weighted by molar-refractivity contribution is 6.36. The molecule has 0 radical (unpaired) electrons. The second-order valence-corrected chi connectivity index (χ2v) is 3.77. The number of hydrogen-bond acceptors (Lipinski definition) is 4. The largest absolute Gasteiger partial charge is 0.460 e. The van der Waals surface area contributed by atoms with E-state index in [0.717, 1.165) is 12.1 Å². The van der Waals surface area contributed by atoms with Gasteiger partial charge >= 0.3 is 12.1 Å². The first-order valence-electron chi connectivity index (χ1n) is 5.59. The number of esters is 1. The van der Waals surface area contributed by atoms with Gasteiger partial charge in [-0.3, -0.25) is 4.79 Å². The van der Waals surface area contributed by atoms with E-state index < -0.39 is 29.4 Å². The first-order valence-corrected chi connectivity index (χ1v) is 5.59. The van der Waals surface area contributed by atoms with Gasteiger partial charge in [0.2, 0.25) is 0 Å². The third kappa shape index (κ3) is 3.57. The van der Waals surface area contributed by atoms with Crippen molar-refractivity contribution in [1.29, 1.82) is 5.26 Å². The molecule has 1 aromatic rings. The Balaban J connectivity index is 3.11. The van der Waals surface area contributed by atoms with Gasteiger partial charge in [-0.1, -0.05) is 18.2 Å². The molecule has 20 heavy (non-hydrogen) atoms. The van der Waals surface area contributed by atoms with Crippen molar-refractivity contribution in [2.45, 2.75) is 19.0 Å². The van der Waals surface area contributed by atoms with Crippen LogP contribution in [0.5, 0.6) is 0 Å². The zero-order chi connectivity index (χ0) is 15.3. The van der Waals surface area contributed by atoms with Crippen molar-refractivity contribution in [2.24, 2.45) is 0 Å².